The van der Waals surface area contributed by atoms with Gasteiger partial charge in [-0.1, -0.05) is 6.04 Å². The van der Waals surface area contributed by atoms with Gasteiger partial charge in [-0.05, 0) is 6.04 Å². The fourth-order valence-electron chi connectivity index (χ4n) is 1.37. The monoisotopic (exact) mass is 254 g/mol. The van der Waals surface area contributed by atoms with Gasteiger partial charge in [0, 0.05) is 35.5 Å². The lowest BCUT2D eigenvalue weighted by Gasteiger charge is -2.29. The van der Waals surface area contributed by atoms with Crippen molar-refractivity contribution < 1.29 is 23.1 Å². The first-order chi connectivity index (χ1) is 7.17. The third-order valence-electron chi connectivity index (χ3n) is 2.38. The Morgan fingerprint density at radius 1 is 0.933 bits per heavy atom. The van der Waals surface area contributed by atoms with Crippen LogP contribution in [0, 0.1) is 0 Å². The number of rotatable bonds is 9. The fraction of sp³-hybridized carbons (Fsp3) is 1.00. The smallest absolute Gasteiger partial charge is 0.320 e. The molecule has 0 atom stereocenters. The van der Waals surface area contributed by atoms with Crippen LogP contribution in [0.5, 0.6) is 0 Å². The summed E-state index contributed by atoms with van der Waals surface area (Å²) in [6, 6.07) is 1.99. The molecule has 0 aromatic carbocycles. The zero-order valence-corrected chi connectivity index (χ0v) is 12.8. The Bertz CT molecular complexity index is 142. The Labute approximate surface area is 95.7 Å². The van der Waals surface area contributed by atoms with E-state index in [1.807, 2.05) is 0 Å². The summed E-state index contributed by atoms with van der Waals surface area (Å²) >= 11 is 0. The molecule has 0 saturated carbocycles. The number of ether oxygens (including phenoxy) is 3. The molecule has 15 heavy (non-hydrogen) atoms. The summed E-state index contributed by atoms with van der Waals surface area (Å²) in [5, 5.41) is 0. The molecule has 0 aliphatic carbocycles. The zero-order chi connectivity index (χ0) is 11.7. The lowest BCUT2D eigenvalue weighted by molar-refractivity contribution is -0.294. The predicted molar refractivity (Wildman–Crippen MR) is 63.1 cm³/mol. The Hall–Kier alpha value is 0.234. The van der Waals surface area contributed by atoms with Crippen molar-refractivity contribution in [3.63, 3.8) is 0 Å². The molecule has 0 rings (SSSR count). The van der Waals surface area contributed by atoms with Crippen molar-refractivity contribution in [2.75, 3.05) is 35.5 Å². The molecule has 0 heterocycles. The first kappa shape index (κ1) is 15.2. The summed E-state index contributed by atoms with van der Waals surface area (Å²) in [6.07, 6.45) is 0. The van der Waals surface area contributed by atoms with Gasteiger partial charge in [0.05, 0.1) is 0 Å². The van der Waals surface area contributed by atoms with Crippen molar-refractivity contribution in [3.05, 3.63) is 0 Å². The molecule has 0 radical (unpaired) electrons. The highest BCUT2D eigenvalue weighted by Gasteiger charge is 2.29. The number of hydrogen-bond donors (Lipinski definition) is 0. The van der Waals surface area contributed by atoms with Crippen LogP contribution in [0.25, 0.3) is 0 Å². The van der Waals surface area contributed by atoms with Gasteiger partial charge in [0.1, 0.15) is 9.52 Å². The van der Waals surface area contributed by atoms with Crippen molar-refractivity contribution in [1.29, 1.82) is 0 Å². The standard InChI is InChI=1S/C8H22O5Si2/c1-9-8(10-2,11-3)14-6-7-15(12-4)13-5/h15H,6-7,14H2,1-5H3. The van der Waals surface area contributed by atoms with E-state index >= 15 is 0 Å². The second-order valence-corrected chi connectivity index (χ2v) is 7.54. The topological polar surface area (TPSA) is 46.2 Å². The molecular formula is C8H22O5Si2. The van der Waals surface area contributed by atoms with Crippen molar-refractivity contribution in [2.45, 2.75) is 17.7 Å². The molecule has 0 aliphatic rings. The molecular weight excluding hydrogens is 232 g/mol. The molecule has 0 saturated heterocycles. The minimum Gasteiger partial charge on any atom is -0.400 e. The van der Waals surface area contributed by atoms with Crippen LogP contribution in [0.1, 0.15) is 0 Å². The maximum absolute atomic E-state index is 5.24. The van der Waals surface area contributed by atoms with Gasteiger partial charge in [-0.25, -0.2) is 0 Å². The quantitative estimate of drug-likeness (QED) is 0.415. The van der Waals surface area contributed by atoms with Crippen molar-refractivity contribution >= 4 is 18.8 Å². The Morgan fingerprint density at radius 3 is 1.73 bits per heavy atom. The van der Waals surface area contributed by atoms with Gasteiger partial charge >= 0.3 is 9.28 Å². The van der Waals surface area contributed by atoms with Crippen LogP contribution in [0.15, 0.2) is 0 Å². The highest BCUT2D eigenvalue weighted by molar-refractivity contribution is 6.48. The van der Waals surface area contributed by atoms with E-state index in [0.29, 0.717) is 0 Å². The molecule has 92 valence electrons. The van der Waals surface area contributed by atoms with Crippen LogP contribution >= 0.6 is 0 Å². The maximum Gasteiger partial charge on any atom is 0.320 e. The van der Waals surface area contributed by atoms with Gasteiger partial charge in [-0.3, -0.25) is 0 Å². The molecule has 0 aromatic rings. The third kappa shape index (κ3) is 5.20. The van der Waals surface area contributed by atoms with E-state index in [4.69, 9.17) is 23.1 Å². The Morgan fingerprint density at radius 2 is 1.40 bits per heavy atom. The van der Waals surface area contributed by atoms with Gasteiger partial charge < -0.3 is 23.1 Å². The van der Waals surface area contributed by atoms with Crippen LogP contribution < -0.4 is 0 Å². The van der Waals surface area contributed by atoms with E-state index in [2.05, 4.69) is 0 Å². The van der Waals surface area contributed by atoms with Crippen LogP contribution in [-0.2, 0) is 23.1 Å². The molecule has 0 unspecified atom stereocenters. The second kappa shape index (κ2) is 8.39. The molecule has 5 nitrogen and oxygen atoms in total. The molecule has 0 bridgehead atoms. The second-order valence-electron chi connectivity index (χ2n) is 3.09. The van der Waals surface area contributed by atoms with Crippen molar-refractivity contribution in [2.24, 2.45) is 0 Å². The first-order valence-electron chi connectivity index (χ1n) is 4.89. The van der Waals surface area contributed by atoms with Crippen LogP contribution in [0.2, 0.25) is 12.1 Å². The summed E-state index contributed by atoms with van der Waals surface area (Å²) in [5.74, 6) is 0. The zero-order valence-electron chi connectivity index (χ0n) is 10.2. The minimum atomic E-state index is -1.45. The molecule has 0 aliphatic heterocycles. The highest BCUT2D eigenvalue weighted by atomic mass is 28.3. The van der Waals surface area contributed by atoms with Crippen LogP contribution in [0.3, 0.4) is 0 Å². The third-order valence-corrected chi connectivity index (χ3v) is 7.37. The highest BCUT2D eigenvalue weighted by Crippen LogP contribution is 2.14. The lowest BCUT2D eigenvalue weighted by Crippen LogP contribution is -2.42. The van der Waals surface area contributed by atoms with Gasteiger partial charge in [-0.15, -0.1) is 0 Å². The van der Waals surface area contributed by atoms with E-state index in [9.17, 15) is 0 Å². The molecule has 0 amide bonds. The van der Waals surface area contributed by atoms with Crippen LogP contribution in [-0.4, -0.2) is 59.9 Å². The van der Waals surface area contributed by atoms with Crippen LogP contribution in [0.4, 0.5) is 0 Å². The largest absolute Gasteiger partial charge is 0.400 e. The summed E-state index contributed by atoms with van der Waals surface area (Å²) in [5.41, 5.74) is -0.791. The molecule has 0 aromatic heterocycles. The van der Waals surface area contributed by atoms with Gasteiger partial charge in [0.2, 0.25) is 5.60 Å². The average Bonchev–Trinajstić information content (AvgIpc) is 2.31. The fourth-order valence-corrected chi connectivity index (χ4v) is 5.23. The Kier molecular flexibility index (Phi) is 8.52. The molecule has 7 heteroatoms. The normalized spacial score (nSPS) is 13.2. The van der Waals surface area contributed by atoms with E-state index in [0.717, 1.165) is 12.1 Å². The first-order valence-corrected chi connectivity index (χ1v) is 8.35. The van der Waals surface area contributed by atoms with E-state index in [1.165, 1.54) is 0 Å². The van der Waals surface area contributed by atoms with Crippen molar-refractivity contribution in [1.82, 2.24) is 0 Å². The summed E-state index contributed by atoms with van der Waals surface area (Å²) in [7, 11) is 6.10. The lowest BCUT2D eigenvalue weighted by atomic mass is 10.9. The average molecular weight is 254 g/mol. The molecule has 0 spiro atoms. The number of hydrogen-bond acceptors (Lipinski definition) is 5. The van der Waals surface area contributed by atoms with Gasteiger partial charge in [0.15, 0.2) is 0 Å². The predicted octanol–water partition coefficient (Wildman–Crippen LogP) is -0.363. The summed E-state index contributed by atoms with van der Waals surface area (Å²) in [4.78, 5) is 0. The van der Waals surface area contributed by atoms with E-state index < -0.39 is 24.4 Å². The molecule has 0 N–H and O–H groups in total. The van der Waals surface area contributed by atoms with E-state index in [1.54, 1.807) is 35.5 Å². The minimum absolute atomic E-state index is 0.635. The maximum atomic E-state index is 5.24. The van der Waals surface area contributed by atoms with Gasteiger partial charge in [0.25, 0.3) is 0 Å². The van der Waals surface area contributed by atoms with E-state index in [-0.39, 0.29) is 0 Å². The SMILES string of the molecule is CO[SiH](CC[SiH2]C(OC)(OC)OC)OC. The summed E-state index contributed by atoms with van der Waals surface area (Å²) in [6.45, 7) is 0. The van der Waals surface area contributed by atoms with Gasteiger partial charge in [-0.2, -0.15) is 0 Å². The van der Waals surface area contributed by atoms with Crippen molar-refractivity contribution in [3.8, 4) is 0 Å². The Balaban J connectivity index is 3.89. The molecule has 0 fully saturated rings. The summed E-state index contributed by atoms with van der Waals surface area (Å²) < 4.78 is 26.2. The number of methoxy groups -OCH3 is 3.